The van der Waals surface area contributed by atoms with Gasteiger partial charge in [0.1, 0.15) is 11.5 Å². The molecule has 4 heteroatoms. The molecule has 0 bridgehead atoms. The largest absolute Gasteiger partial charge is 0.465 e. The number of thiazole rings is 1. The number of aryl methyl sites for hydroxylation is 2. The molecule has 0 aliphatic rings. The minimum atomic E-state index is 0.117. The van der Waals surface area contributed by atoms with Crippen molar-refractivity contribution in [1.82, 2.24) is 10.3 Å². The van der Waals surface area contributed by atoms with Crippen LogP contribution in [0, 0.1) is 13.8 Å². The third-order valence-electron chi connectivity index (χ3n) is 3.25. The van der Waals surface area contributed by atoms with Gasteiger partial charge in [-0.2, -0.15) is 0 Å². The lowest BCUT2D eigenvalue weighted by atomic mass is 9.98. The summed E-state index contributed by atoms with van der Waals surface area (Å²) in [6, 6.07) is 4.31. The summed E-state index contributed by atoms with van der Waals surface area (Å²) in [5.74, 6) is 1.94. The Morgan fingerprint density at radius 2 is 2.00 bits per heavy atom. The van der Waals surface area contributed by atoms with Gasteiger partial charge in [-0.15, -0.1) is 11.3 Å². The molecule has 3 nitrogen and oxygen atoms in total. The molecule has 0 aliphatic heterocycles. The van der Waals surface area contributed by atoms with Crippen LogP contribution in [0.25, 0.3) is 0 Å². The van der Waals surface area contributed by atoms with E-state index in [4.69, 9.17) is 9.40 Å². The summed E-state index contributed by atoms with van der Waals surface area (Å²) in [5.41, 5.74) is 1.25. The second-order valence-corrected chi connectivity index (χ2v) is 7.36. The lowest BCUT2D eigenvalue weighted by molar-refractivity contribution is 0.445. The minimum absolute atomic E-state index is 0.117. The van der Waals surface area contributed by atoms with Crippen molar-refractivity contribution in [3.63, 3.8) is 0 Å². The Kier molecular flexibility index (Phi) is 4.35. The van der Waals surface area contributed by atoms with Crippen molar-refractivity contribution < 1.29 is 4.42 Å². The first-order chi connectivity index (χ1) is 9.27. The maximum absolute atomic E-state index is 5.58. The average molecular weight is 292 g/mol. The van der Waals surface area contributed by atoms with Crippen LogP contribution >= 0.6 is 11.3 Å². The summed E-state index contributed by atoms with van der Waals surface area (Å²) >= 11 is 1.81. The molecular formula is C16H24N2OS. The van der Waals surface area contributed by atoms with Gasteiger partial charge in [-0.05, 0) is 32.9 Å². The lowest BCUT2D eigenvalue weighted by Crippen LogP contribution is -2.17. The van der Waals surface area contributed by atoms with E-state index >= 15 is 0 Å². The highest BCUT2D eigenvalue weighted by atomic mass is 32.1. The normalized spacial score (nSPS) is 13.7. The predicted molar refractivity (Wildman–Crippen MR) is 84.3 cm³/mol. The van der Waals surface area contributed by atoms with Crippen LogP contribution in [0.4, 0.5) is 0 Å². The SMILES string of the molecule is Cc1ccc(CNC(C)c2sc(C(C)(C)C)nc2C)o1. The maximum Gasteiger partial charge on any atom is 0.117 e. The summed E-state index contributed by atoms with van der Waals surface area (Å²) in [6.45, 7) is 13.6. The summed E-state index contributed by atoms with van der Waals surface area (Å²) in [7, 11) is 0. The molecule has 0 saturated carbocycles. The van der Waals surface area contributed by atoms with E-state index in [1.165, 1.54) is 9.88 Å². The van der Waals surface area contributed by atoms with Crippen molar-refractivity contribution in [2.75, 3.05) is 0 Å². The second-order valence-electron chi connectivity index (χ2n) is 6.33. The molecule has 0 radical (unpaired) electrons. The summed E-state index contributed by atoms with van der Waals surface area (Å²) < 4.78 is 5.58. The van der Waals surface area contributed by atoms with Crippen molar-refractivity contribution in [3.8, 4) is 0 Å². The fraction of sp³-hybridized carbons (Fsp3) is 0.562. The van der Waals surface area contributed by atoms with Crippen molar-refractivity contribution in [2.45, 2.75) is 59.5 Å². The second kappa shape index (κ2) is 5.70. The Labute approximate surface area is 125 Å². The highest BCUT2D eigenvalue weighted by Gasteiger charge is 2.22. The van der Waals surface area contributed by atoms with Crippen LogP contribution in [0.2, 0.25) is 0 Å². The summed E-state index contributed by atoms with van der Waals surface area (Å²) in [4.78, 5) is 6.03. The monoisotopic (exact) mass is 292 g/mol. The molecule has 110 valence electrons. The zero-order chi connectivity index (χ0) is 14.9. The van der Waals surface area contributed by atoms with Crippen molar-refractivity contribution >= 4 is 11.3 Å². The van der Waals surface area contributed by atoms with E-state index in [2.05, 4.69) is 39.9 Å². The van der Waals surface area contributed by atoms with Gasteiger partial charge in [0.15, 0.2) is 0 Å². The Balaban J connectivity index is 2.05. The molecule has 0 aromatic carbocycles. The van der Waals surface area contributed by atoms with Gasteiger partial charge in [-0.3, -0.25) is 0 Å². The van der Waals surface area contributed by atoms with Gasteiger partial charge in [0.05, 0.1) is 17.2 Å². The average Bonchev–Trinajstić information content (AvgIpc) is 2.92. The van der Waals surface area contributed by atoms with Crippen molar-refractivity contribution in [1.29, 1.82) is 0 Å². The van der Waals surface area contributed by atoms with Gasteiger partial charge >= 0.3 is 0 Å². The minimum Gasteiger partial charge on any atom is -0.465 e. The lowest BCUT2D eigenvalue weighted by Gasteiger charge is -2.14. The van der Waals surface area contributed by atoms with Gasteiger partial charge in [0, 0.05) is 16.3 Å². The van der Waals surface area contributed by atoms with E-state index in [1.54, 1.807) is 0 Å². The first-order valence-electron chi connectivity index (χ1n) is 7.04. The molecule has 2 rings (SSSR count). The van der Waals surface area contributed by atoms with Crippen molar-refractivity contribution in [3.05, 3.63) is 39.2 Å². The van der Waals surface area contributed by atoms with Crippen LogP contribution in [-0.4, -0.2) is 4.98 Å². The van der Waals surface area contributed by atoms with E-state index in [1.807, 2.05) is 30.4 Å². The van der Waals surface area contributed by atoms with E-state index in [0.29, 0.717) is 0 Å². The molecule has 0 spiro atoms. The van der Waals surface area contributed by atoms with Crippen LogP contribution in [0.3, 0.4) is 0 Å². The van der Waals surface area contributed by atoms with Gasteiger partial charge < -0.3 is 9.73 Å². The number of hydrogen-bond acceptors (Lipinski definition) is 4. The number of furan rings is 1. The molecule has 0 saturated heterocycles. The van der Waals surface area contributed by atoms with E-state index in [0.717, 1.165) is 23.8 Å². The van der Waals surface area contributed by atoms with Crippen LogP contribution < -0.4 is 5.32 Å². The zero-order valence-corrected chi connectivity index (χ0v) is 14.0. The van der Waals surface area contributed by atoms with Crippen LogP contribution in [-0.2, 0) is 12.0 Å². The topological polar surface area (TPSA) is 38.1 Å². The number of hydrogen-bond donors (Lipinski definition) is 1. The van der Waals surface area contributed by atoms with E-state index in [9.17, 15) is 0 Å². The molecule has 1 atom stereocenters. The van der Waals surface area contributed by atoms with Gasteiger partial charge in [-0.1, -0.05) is 20.8 Å². The molecule has 2 aromatic heterocycles. The highest BCUT2D eigenvalue weighted by molar-refractivity contribution is 7.12. The molecular weight excluding hydrogens is 268 g/mol. The number of aromatic nitrogens is 1. The Bertz CT molecular complexity index is 578. The molecule has 0 aliphatic carbocycles. The Morgan fingerprint density at radius 1 is 1.30 bits per heavy atom. The maximum atomic E-state index is 5.58. The molecule has 2 aromatic rings. The van der Waals surface area contributed by atoms with Crippen LogP contribution in [0.15, 0.2) is 16.5 Å². The number of nitrogens with one attached hydrogen (secondary N) is 1. The van der Waals surface area contributed by atoms with Gasteiger partial charge in [0.25, 0.3) is 0 Å². The zero-order valence-electron chi connectivity index (χ0n) is 13.2. The Morgan fingerprint density at radius 3 is 2.50 bits per heavy atom. The molecule has 1 N–H and O–H groups in total. The fourth-order valence-corrected chi connectivity index (χ4v) is 3.21. The first-order valence-corrected chi connectivity index (χ1v) is 7.85. The third kappa shape index (κ3) is 3.49. The number of rotatable bonds is 4. The van der Waals surface area contributed by atoms with Crippen LogP contribution in [0.5, 0.6) is 0 Å². The third-order valence-corrected chi connectivity index (χ3v) is 5.01. The molecule has 2 heterocycles. The predicted octanol–water partition coefficient (Wildman–Crippen LogP) is 4.50. The first kappa shape index (κ1) is 15.3. The molecule has 0 fully saturated rings. The summed E-state index contributed by atoms with van der Waals surface area (Å²) in [5, 5.41) is 4.71. The summed E-state index contributed by atoms with van der Waals surface area (Å²) in [6.07, 6.45) is 0. The highest BCUT2D eigenvalue weighted by Crippen LogP contribution is 2.32. The fourth-order valence-electron chi connectivity index (χ4n) is 2.06. The Hall–Kier alpha value is -1.13. The smallest absolute Gasteiger partial charge is 0.117 e. The number of nitrogens with zero attached hydrogens (tertiary/aromatic N) is 1. The van der Waals surface area contributed by atoms with Crippen molar-refractivity contribution in [2.24, 2.45) is 0 Å². The van der Waals surface area contributed by atoms with Gasteiger partial charge in [0.2, 0.25) is 0 Å². The van der Waals surface area contributed by atoms with Crippen LogP contribution in [0.1, 0.15) is 60.8 Å². The van der Waals surface area contributed by atoms with Gasteiger partial charge in [-0.25, -0.2) is 4.98 Å². The van der Waals surface area contributed by atoms with E-state index in [-0.39, 0.29) is 11.5 Å². The standard InChI is InChI=1S/C16H24N2OS/c1-10-7-8-13(19-10)9-17-11(2)14-12(3)18-15(20-14)16(4,5)6/h7-8,11,17H,9H2,1-6H3. The van der Waals surface area contributed by atoms with E-state index < -0.39 is 0 Å². The molecule has 20 heavy (non-hydrogen) atoms. The molecule has 1 unspecified atom stereocenters. The quantitative estimate of drug-likeness (QED) is 0.901. The molecule has 0 amide bonds.